The van der Waals surface area contributed by atoms with Crippen LogP contribution in [0.2, 0.25) is 0 Å². The lowest BCUT2D eigenvalue weighted by atomic mass is 10.0. The molecule has 124 valence electrons. The average Bonchev–Trinajstić information content (AvgIpc) is 2.62. The molecule has 0 saturated carbocycles. The fourth-order valence-corrected chi connectivity index (χ4v) is 3.08. The summed E-state index contributed by atoms with van der Waals surface area (Å²) in [6.45, 7) is 4.14. The largest absolute Gasteiger partial charge is 0.497 e. The highest BCUT2D eigenvalue weighted by Gasteiger charge is 2.18. The summed E-state index contributed by atoms with van der Waals surface area (Å²) < 4.78 is 11.0. The predicted octanol–water partition coefficient (Wildman–Crippen LogP) is 2.37. The summed E-state index contributed by atoms with van der Waals surface area (Å²) in [7, 11) is 3.34. The molecular formula is C17H24N4O2. The molecule has 0 radical (unpaired) electrons. The molecular weight excluding hydrogens is 292 g/mol. The summed E-state index contributed by atoms with van der Waals surface area (Å²) in [5.41, 5.74) is 0.940. The SMILES string of the molecule is CCc1nnc(NC2CCNCC2)c2cc(OC)cc(OC)c12. The third-order valence-electron chi connectivity index (χ3n) is 4.36. The Kier molecular flexibility index (Phi) is 4.81. The molecule has 2 heterocycles. The van der Waals surface area contributed by atoms with Gasteiger partial charge >= 0.3 is 0 Å². The second-order valence-electron chi connectivity index (χ2n) is 5.77. The Balaban J connectivity index is 2.10. The van der Waals surface area contributed by atoms with Gasteiger partial charge in [-0.1, -0.05) is 6.92 Å². The van der Waals surface area contributed by atoms with E-state index >= 15 is 0 Å². The first kappa shape index (κ1) is 15.8. The molecule has 0 aliphatic carbocycles. The van der Waals surface area contributed by atoms with E-state index in [4.69, 9.17) is 9.47 Å². The van der Waals surface area contributed by atoms with Crippen LogP contribution < -0.4 is 20.1 Å². The molecule has 1 aromatic carbocycles. The third kappa shape index (κ3) is 3.17. The molecule has 1 saturated heterocycles. The first-order chi connectivity index (χ1) is 11.3. The Morgan fingerprint density at radius 2 is 1.96 bits per heavy atom. The van der Waals surface area contributed by atoms with Crippen LogP contribution >= 0.6 is 0 Å². The van der Waals surface area contributed by atoms with Crippen molar-refractivity contribution in [1.82, 2.24) is 15.5 Å². The van der Waals surface area contributed by atoms with Gasteiger partial charge in [0, 0.05) is 17.5 Å². The van der Waals surface area contributed by atoms with Crippen molar-refractivity contribution >= 4 is 16.6 Å². The number of hydrogen-bond donors (Lipinski definition) is 2. The normalized spacial score (nSPS) is 15.6. The summed E-state index contributed by atoms with van der Waals surface area (Å²) in [5, 5.41) is 17.8. The second kappa shape index (κ2) is 7.00. The lowest BCUT2D eigenvalue weighted by Crippen LogP contribution is -2.35. The van der Waals surface area contributed by atoms with Gasteiger partial charge in [0.1, 0.15) is 11.5 Å². The molecule has 2 N–H and O–H groups in total. The van der Waals surface area contributed by atoms with Crippen molar-refractivity contribution in [3.63, 3.8) is 0 Å². The maximum absolute atomic E-state index is 5.57. The minimum atomic E-state index is 0.415. The Hall–Kier alpha value is -2.08. The number of nitrogens with zero attached hydrogens (tertiary/aromatic N) is 2. The van der Waals surface area contributed by atoms with E-state index in [0.717, 1.165) is 66.1 Å². The van der Waals surface area contributed by atoms with E-state index in [1.54, 1.807) is 14.2 Å². The zero-order valence-corrected chi connectivity index (χ0v) is 14.0. The smallest absolute Gasteiger partial charge is 0.157 e. The van der Waals surface area contributed by atoms with Crippen LogP contribution in [-0.2, 0) is 6.42 Å². The number of anilines is 1. The van der Waals surface area contributed by atoms with Gasteiger partial charge in [-0.25, -0.2) is 0 Å². The number of aryl methyl sites for hydroxylation is 1. The van der Waals surface area contributed by atoms with Crippen LogP contribution in [0, 0.1) is 0 Å². The van der Waals surface area contributed by atoms with Crippen molar-refractivity contribution in [3.05, 3.63) is 17.8 Å². The summed E-state index contributed by atoms with van der Waals surface area (Å²) in [5.74, 6) is 2.35. The van der Waals surface area contributed by atoms with E-state index in [9.17, 15) is 0 Å². The van der Waals surface area contributed by atoms with Crippen molar-refractivity contribution in [2.75, 3.05) is 32.6 Å². The van der Waals surface area contributed by atoms with E-state index in [1.165, 1.54) is 0 Å². The molecule has 0 unspecified atom stereocenters. The number of aromatic nitrogens is 2. The van der Waals surface area contributed by atoms with Crippen LogP contribution in [0.5, 0.6) is 11.5 Å². The van der Waals surface area contributed by atoms with Crippen LogP contribution in [0.25, 0.3) is 10.8 Å². The van der Waals surface area contributed by atoms with Gasteiger partial charge in [-0.15, -0.1) is 5.10 Å². The highest BCUT2D eigenvalue weighted by Crippen LogP contribution is 2.36. The Morgan fingerprint density at radius 1 is 1.17 bits per heavy atom. The van der Waals surface area contributed by atoms with Crippen LogP contribution in [0.1, 0.15) is 25.5 Å². The fraction of sp³-hybridized carbons (Fsp3) is 0.529. The molecule has 3 rings (SSSR count). The van der Waals surface area contributed by atoms with E-state index in [1.807, 2.05) is 12.1 Å². The third-order valence-corrected chi connectivity index (χ3v) is 4.36. The average molecular weight is 316 g/mol. The van der Waals surface area contributed by atoms with E-state index in [0.29, 0.717) is 6.04 Å². The van der Waals surface area contributed by atoms with Gasteiger partial charge in [0.2, 0.25) is 0 Å². The molecule has 1 aromatic heterocycles. The van der Waals surface area contributed by atoms with Gasteiger partial charge in [0.15, 0.2) is 5.82 Å². The Morgan fingerprint density at radius 3 is 2.61 bits per heavy atom. The minimum absolute atomic E-state index is 0.415. The van der Waals surface area contributed by atoms with E-state index in [2.05, 4.69) is 27.8 Å². The molecule has 1 aliphatic rings. The van der Waals surface area contributed by atoms with Crippen molar-refractivity contribution in [2.24, 2.45) is 0 Å². The lowest BCUT2D eigenvalue weighted by molar-refractivity contribution is 0.397. The minimum Gasteiger partial charge on any atom is -0.497 e. The molecule has 0 amide bonds. The molecule has 1 fully saturated rings. The van der Waals surface area contributed by atoms with E-state index < -0.39 is 0 Å². The summed E-state index contributed by atoms with van der Waals surface area (Å²) in [4.78, 5) is 0. The fourth-order valence-electron chi connectivity index (χ4n) is 3.08. The zero-order chi connectivity index (χ0) is 16.2. The maximum atomic E-state index is 5.57. The number of methoxy groups -OCH3 is 2. The monoisotopic (exact) mass is 316 g/mol. The second-order valence-corrected chi connectivity index (χ2v) is 5.77. The van der Waals surface area contributed by atoms with Crippen molar-refractivity contribution in [3.8, 4) is 11.5 Å². The number of benzene rings is 1. The summed E-state index contributed by atoms with van der Waals surface area (Å²) in [6, 6.07) is 4.32. The number of hydrogen-bond acceptors (Lipinski definition) is 6. The molecule has 2 aromatic rings. The van der Waals surface area contributed by atoms with Crippen LogP contribution in [-0.4, -0.2) is 43.5 Å². The molecule has 1 aliphatic heterocycles. The van der Waals surface area contributed by atoms with E-state index in [-0.39, 0.29) is 0 Å². The first-order valence-electron chi connectivity index (χ1n) is 8.15. The van der Waals surface area contributed by atoms with Crippen LogP contribution in [0.4, 0.5) is 5.82 Å². The molecule has 0 atom stereocenters. The van der Waals surface area contributed by atoms with Gasteiger partial charge in [-0.05, 0) is 38.4 Å². The van der Waals surface area contributed by atoms with Gasteiger partial charge in [0.25, 0.3) is 0 Å². The van der Waals surface area contributed by atoms with Gasteiger partial charge in [-0.2, -0.15) is 5.10 Å². The molecule has 0 bridgehead atoms. The Labute approximate surface area is 136 Å². The molecule has 23 heavy (non-hydrogen) atoms. The lowest BCUT2D eigenvalue weighted by Gasteiger charge is -2.25. The topological polar surface area (TPSA) is 68.3 Å². The standard InChI is InChI=1S/C17H24N4O2/c1-4-14-16-13(9-12(22-2)10-15(16)23-3)17(21-20-14)19-11-5-7-18-8-6-11/h9-11,18H,4-8H2,1-3H3,(H,19,21). The number of piperidine rings is 1. The van der Waals surface area contributed by atoms with Crippen LogP contribution in [0.3, 0.4) is 0 Å². The first-order valence-corrected chi connectivity index (χ1v) is 8.15. The highest BCUT2D eigenvalue weighted by atomic mass is 16.5. The maximum Gasteiger partial charge on any atom is 0.157 e. The van der Waals surface area contributed by atoms with Crippen molar-refractivity contribution in [1.29, 1.82) is 0 Å². The van der Waals surface area contributed by atoms with Gasteiger partial charge < -0.3 is 20.1 Å². The van der Waals surface area contributed by atoms with Gasteiger partial charge in [0.05, 0.1) is 25.3 Å². The van der Waals surface area contributed by atoms with Gasteiger partial charge in [-0.3, -0.25) is 0 Å². The van der Waals surface area contributed by atoms with Crippen molar-refractivity contribution < 1.29 is 9.47 Å². The van der Waals surface area contributed by atoms with Crippen LogP contribution in [0.15, 0.2) is 12.1 Å². The Bertz CT molecular complexity index is 684. The number of ether oxygens (including phenoxy) is 2. The molecule has 6 heteroatoms. The summed E-state index contributed by atoms with van der Waals surface area (Å²) >= 11 is 0. The number of rotatable bonds is 5. The number of fused-ring (bicyclic) bond motifs is 1. The zero-order valence-electron chi connectivity index (χ0n) is 14.0. The summed E-state index contributed by atoms with van der Waals surface area (Å²) in [6.07, 6.45) is 2.97. The highest BCUT2D eigenvalue weighted by molar-refractivity contribution is 5.98. The number of nitrogens with one attached hydrogen (secondary N) is 2. The predicted molar refractivity (Wildman–Crippen MR) is 91.5 cm³/mol. The van der Waals surface area contributed by atoms with Crippen molar-refractivity contribution in [2.45, 2.75) is 32.2 Å². The molecule has 6 nitrogen and oxygen atoms in total. The quantitative estimate of drug-likeness (QED) is 0.883. The molecule has 0 spiro atoms.